The molecule has 0 nitrogen and oxygen atoms in total. The van der Waals surface area contributed by atoms with Gasteiger partial charge < -0.3 is 0 Å². The molecule has 1 rings (SSSR count). The second-order valence-corrected chi connectivity index (χ2v) is 7.03. The summed E-state index contributed by atoms with van der Waals surface area (Å²) in [6.07, 6.45) is 14.7. The number of hydrogen-bond donors (Lipinski definition) is 0. The van der Waals surface area contributed by atoms with Crippen molar-refractivity contribution in [2.45, 2.75) is 112 Å². The van der Waals surface area contributed by atoms with E-state index in [-0.39, 0.29) is 0 Å². The summed E-state index contributed by atoms with van der Waals surface area (Å²) in [6, 6.07) is 4.91. The molecular formula is C23H42. The Kier molecular flexibility index (Phi) is 14.3. The largest absolute Gasteiger partial charge is 0.0656 e. The first-order valence-corrected chi connectivity index (χ1v) is 10.2. The molecule has 0 fully saturated rings. The van der Waals surface area contributed by atoms with Crippen molar-refractivity contribution < 1.29 is 0 Å². The van der Waals surface area contributed by atoms with Crippen LogP contribution in [0.3, 0.4) is 0 Å². The normalized spacial score (nSPS) is 10.3. The molecule has 0 aromatic heterocycles. The van der Waals surface area contributed by atoms with Crippen molar-refractivity contribution in [3.8, 4) is 0 Å². The zero-order valence-corrected chi connectivity index (χ0v) is 16.9. The summed E-state index contributed by atoms with van der Waals surface area (Å²) in [6.45, 7) is 13.4. The minimum absolute atomic E-state index is 1.25. The quantitative estimate of drug-likeness (QED) is 0.384. The maximum absolute atomic E-state index is 2.45. The first kappa shape index (κ1) is 22.2. The van der Waals surface area contributed by atoms with Gasteiger partial charge in [-0.05, 0) is 61.8 Å². The zero-order valence-electron chi connectivity index (χ0n) is 16.9. The van der Waals surface area contributed by atoms with Crippen molar-refractivity contribution in [2.24, 2.45) is 0 Å². The van der Waals surface area contributed by atoms with Gasteiger partial charge in [-0.25, -0.2) is 0 Å². The summed E-state index contributed by atoms with van der Waals surface area (Å²) in [7, 11) is 0. The van der Waals surface area contributed by atoms with Gasteiger partial charge >= 0.3 is 0 Å². The van der Waals surface area contributed by atoms with E-state index in [4.69, 9.17) is 0 Å². The molecule has 0 bridgehead atoms. The Morgan fingerprint density at radius 1 is 0.565 bits per heavy atom. The van der Waals surface area contributed by atoms with Crippen LogP contribution >= 0.6 is 0 Å². The summed E-state index contributed by atoms with van der Waals surface area (Å²) >= 11 is 0. The molecule has 0 aliphatic carbocycles. The Bertz CT molecular complexity index is 352. The van der Waals surface area contributed by atoms with Crippen LogP contribution in [-0.2, 0) is 12.8 Å². The van der Waals surface area contributed by atoms with E-state index in [9.17, 15) is 0 Å². The lowest BCUT2D eigenvalue weighted by Gasteiger charge is -2.12. The van der Waals surface area contributed by atoms with Crippen LogP contribution < -0.4 is 0 Å². The SMILES string of the molecule is CCC.CCCCCCc1cc(C)c(CCCCCC)cc1C. The van der Waals surface area contributed by atoms with Crippen molar-refractivity contribution in [1.82, 2.24) is 0 Å². The number of hydrogen-bond acceptors (Lipinski definition) is 0. The van der Waals surface area contributed by atoms with Gasteiger partial charge in [-0.2, -0.15) is 0 Å². The van der Waals surface area contributed by atoms with E-state index in [2.05, 4.69) is 53.7 Å². The highest BCUT2D eigenvalue weighted by Gasteiger charge is 2.05. The highest BCUT2D eigenvalue weighted by Crippen LogP contribution is 2.20. The standard InChI is InChI=1S/C20H34.C3H8/c1-5-7-9-11-13-19-15-18(4)20(16-17(19)3)14-12-10-8-6-2;1-3-2/h15-16H,5-14H2,1-4H3;3H2,1-2H3. The Morgan fingerprint density at radius 2 is 0.913 bits per heavy atom. The molecule has 0 saturated carbocycles. The van der Waals surface area contributed by atoms with Gasteiger partial charge in [-0.1, -0.05) is 84.8 Å². The molecule has 23 heavy (non-hydrogen) atoms. The molecule has 0 saturated heterocycles. The Morgan fingerprint density at radius 3 is 1.22 bits per heavy atom. The second kappa shape index (κ2) is 14.8. The van der Waals surface area contributed by atoms with Crippen molar-refractivity contribution in [3.63, 3.8) is 0 Å². The molecule has 1 aromatic rings. The van der Waals surface area contributed by atoms with Gasteiger partial charge in [-0.3, -0.25) is 0 Å². The molecule has 0 atom stereocenters. The molecule has 0 aliphatic rings. The van der Waals surface area contributed by atoms with Crippen LogP contribution in [0.25, 0.3) is 0 Å². The fourth-order valence-corrected chi connectivity index (χ4v) is 2.96. The van der Waals surface area contributed by atoms with E-state index >= 15 is 0 Å². The summed E-state index contributed by atoms with van der Waals surface area (Å²) in [4.78, 5) is 0. The summed E-state index contributed by atoms with van der Waals surface area (Å²) in [5, 5.41) is 0. The third kappa shape index (κ3) is 10.6. The van der Waals surface area contributed by atoms with Crippen LogP contribution in [0.2, 0.25) is 0 Å². The van der Waals surface area contributed by atoms with Gasteiger partial charge in [0.1, 0.15) is 0 Å². The Labute approximate surface area is 147 Å². The highest BCUT2D eigenvalue weighted by atomic mass is 14.1. The molecule has 1 aromatic carbocycles. The summed E-state index contributed by atoms with van der Waals surface area (Å²) < 4.78 is 0. The first-order chi connectivity index (χ1) is 11.1. The van der Waals surface area contributed by atoms with Crippen molar-refractivity contribution >= 4 is 0 Å². The van der Waals surface area contributed by atoms with E-state index in [1.807, 2.05) is 0 Å². The molecule has 0 amide bonds. The van der Waals surface area contributed by atoms with Crippen molar-refractivity contribution in [1.29, 1.82) is 0 Å². The van der Waals surface area contributed by atoms with Crippen LogP contribution in [-0.4, -0.2) is 0 Å². The van der Waals surface area contributed by atoms with E-state index < -0.39 is 0 Å². The van der Waals surface area contributed by atoms with Crippen molar-refractivity contribution in [2.75, 3.05) is 0 Å². The lowest BCUT2D eigenvalue weighted by molar-refractivity contribution is 0.661. The van der Waals surface area contributed by atoms with E-state index in [0.717, 1.165) is 0 Å². The smallest absolute Gasteiger partial charge is 0.0276 e. The van der Waals surface area contributed by atoms with Gasteiger partial charge in [0.15, 0.2) is 0 Å². The number of rotatable bonds is 10. The Hall–Kier alpha value is -0.780. The maximum Gasteiger partial charge on any atom is -0.0276 e. The Balaban J connectivity index is 0.00000149. The molecule has 0 radical (unpaired) electrons. The molecule has 0 heteroatoms. The van der Waals surface area contributed by atoms with Gasteiger partial charge in [0.25, 0.3) is 0 Å². The van der Waals surface area contributed by atoms with Gasteiger partial charge in [0, 0.05) is 0 Å². The molecule has 0 heterocycles. The summed E-state index contributed by atoms with van der Waals surface area (Å²) in [5.74, 6) is 0. The van der Waals surface area contributed by atoms with Crippen LogP contribution in [0.1, 0.15) is 108 Å². The molecule has 134 valence electrons. The monoisotopic (exact) mass is 318 g/mol. The van der Waals surface area contributed by atoms with Gasteiger partial charge in [-0.15, -0.1) is 0 Å². The third-order valence-electron chi connectivity index (χ3n) is 4.39. The molecule has 0 aliphatic heterocycles. The maximum atomic E-state index is 2.45. The lowest BCUT2D eigenvalue weighted by atomic mass is 9.93. The fourth-order valence-electron chi connectivity index (χ4n) is 2.96. The number of aryl methyl sites for hydroxylation is 4. The predicted octanol–water partition coefficient (Wildman–Crippen LogP) is 7.97. The minimum Gasteiger partial charge on any atom is -0.0656 e. The van der Waals surface area contributed by atoms with Crippen LogP contribution in [0.15, 0.2) is 12.1 Å². The average Bonchev–Trinajstić information content (AvgIpc) is 2.52. The lowest BCUT2D eigenvalue weighted by Crippen LogP contribution is -1.97. The second-order valence-electron chi connectivity index (χ2n) is 7.03. The van der Waals surface area contributed by atoms with E-state index in [0.29, 0.717) is 0 Å². The fraction of sp³-hybridized carbons (Fsp3) is 0.739. The summed E-state index contributed by atoms with van der Waals surface area (Å²) in [5.41, 5.74) is 6.18. The first-order valence-electron chi connectivity index (χ1n) is 10.2. The van der Waals surface area contributed by atoms with Gasteiger partial charge in [0.2, 0.25) is 0 Å². The van der Waals surface area contributed by atoms with Crippen LogP contribution in [0.4, 0.5) is 0 Å². The average molecular weight is 319 g/mol. The zero-order chi connectivity index (χ0) is 17.5. The van der Waals surface area contributed by atoms with Crippen LogP contribution in [0.5, 0.6) is 0 Å². The van der Waals surface area contributed by atoms with Crippen LogP contribution in [0, 0.1) is 13.8 Å². The molecule has 0 N–H and O–H groups in total. The van der Waals surface area contributed by atoms with Gasteiger partial charge in [0.05, 0.1) is 0 Å². The minimum atomic E-state index is 1.25. The molecule has 0 spiro atoms. The number of benzene rings is 1. The topological polar surface area (TPSA) is 0 Å². The molecule has 0 unspecified atom stereocenters. The number of unbranched alkanes of at least 4 members (excludes halogenated alkanes) is 6. The van der Waals surface area contributed by atoms with E-state index in [1.54, 1.807) is 11.1 Å². The third-order valence-corrected chi connectivity index (χ3v) is 4.39. The van der Waals surface area contributed by atoms with Crippen molar-refractivity contribution in [3.05, 3.63) is 34.4 Å². The molecular weight excluding hydrogens is 276 g/mol. The highest BCUT2D eigenvalue weighted by molar-refractivity contribution is 5.37. The predicted molar refractivity (Wildman–Crippen MR) is 108 cm³/mol. The van der Waals surface area contributed by atoms with E-state index in [1.165, 1.54) is 81.8 Å².